The van der Waals surface area contributed by atoms with Gasteiger partial charge >= 0.3 is 0 Å². The summed E-state index contributed by atoms with van der Waals surface area (Å²) in [4.78, 5) is 17.2. The van der Waals surface area contributed by atoms with Crippen molar-refractivity contribution in [2.75, 3.05) is 37.3 Å². The van der Waals surface area contributed by atoms with Gasteiger partial charge in [-0.25, -0.2) is 0 Å². The van der Waals surface area contributed by atoms with Crippen molar-refractivity contribution in [3.63, 3.8) is 0 Å². The molecule has 0 spiro atoms. The molecule has 1 amide bonds. The number of nitrogens with zero attached hydrogens (tertiary/aromatic N) is 2. The molecule has 4 heteroatoms. The molecular weight excluding hydrogens is 328 g/mol. The van der Waals surface area contributed by atoms with Crippen LogP contribution >= 0.6 is 11.8 Å². The first-order valence-corrected chi connectivity index (χ1v) is 10.2. The summed E-state index contributed by atoms with van der Waals surface area (Å²) in [5.74, 6) is 1.10. The summed E-state index contributed by atoms with van der Waals surface area (Å²) in [6.45, 7) is 7.67. The lowest BCUT2D eigenvalue weighted by molar-refractivity contribution is 0.0746. The molecule has 1 saturated heterocycles. The fraction of sp³-hybridized carbons (Fsp3) is 0.381. The lowest BCUT2D eigenvalue weighted by atomic mass is 10.1. The Morgan fingerprint density at radius 2 is 1.76 bits per heavy atom. The van der Waals surface area contributed by atoms with Crippen LogP contribution in [0, 0.1) is 13.8 Å². The van der Waals surface area contributed by atoms with Crippen LogP contribution in [0.2, 0.25) is 0 Å². The third kappa shape index (κ3) is 4.01. The van der Waals surface area contributed by atoms with E-state index in [0.29, 0.717) is 0 Å². The quantitative estimate of drug-likeness (QED) is 0.825. The summed E-state index contributed by atoms with van der Waals surface area (Å²) in [6.07, 6.45) is 2.08. The Labute approximate surface area is 155 Å². The van der Waals surface area contributed by atoms with Gasteiger partial charge in [-0.1, -0.05) is 24.3 Å². The third-order valence-corrected chi connectivity index (χ3v) is 5.59. The Kier molecular flexibility index (Phi) is 5.69. The monoisotopic (exact) mass is 354 g/mol. The lowest BCUT2D eigenvalue weighted by Gasteiger charge is -2.37. The van der Waals surface area contributed by atoms with Crippen LogP contribution in [0.3, 0.4) is 0 Å². The van der Waals surface area contributed by atoms with E-state index in [2.05, 4.69) is 49.3 Å². The van der Waals surface area contributed by atoms with Gasteiger partial charge in [0.25, 0.3) is 5.91 Å². The minimum Gasteiger partial charge on any atom is -0.368 e. The van der Waals surface area contributed by atoms with Gasteiger partial charge in [0.05, 0.1) is 0 Å². The fourth-order valence-corrected chi connectivity index (χ4v) is 3.88. The second-order valence-electron chi connectivity index (χ2n) is 6.63. The number of thioether (sulfide) groups is 1. The molecule has 0 aromatic heterocycles. The smallest absolute Gasteiger partial charge is 0.253 e. The van der Waals surface area contributed by atoms with Gasteiger partial charge in [-0.05, 0) is 55.0 Å². The summed E-state index contributed by atoms with van der Waals surface area (Å²) < 4.78 is 0. The second-order valence-corrected chi connectivity index (χ2v) is 7.50. The minimum absolute atomic E-state index is 0.156. The maximum absolute atomic E-state index is 12.8. The zero-order valence-electron chi connectivity index (χ0n) is 15.3. The van der Waals surface area contributed by atoms with E-state index in [1.54, 1.807) is 11.8 Å². The van der Waals surface area contributed by atoms with Gasteiger partial charge in [-0.15, -0.1) is 0 Å². The largest absolute Gasteiger partial charge is 0.368 e. The molecule has 0 saturated carbocycles. The molecule has 0 atom stereocenters. The molecule has 0 bridgehead atoms. The number of benzene rings is 2. The Morgan fingerprint density at radius 1 is 1.04 bits per heavy atom. The van der Waals surface area contributed by atoms with Crippen molar-refractivity contribution in [2.24, 2.45) is 0 Å². The zero-order valence-corrected chi connectivity index (χ0v) is 16.1. The fourth-order valence-electron chi connectivity index (χ4n) is 3.37. The first kappa shape index (κ1) is 17.9. The molecule has 25 heavy (non-hydrogen) atoms. The van der Waals surface area contributed by atoms with Crippen LogP contribution in [0.5, 0.6) is 0 Å². The van der Waals surface area contributed by atoms with Crippen molar-refractivity contribution in [3.8, 4) is 0 Å². The Hall–Kier alpha value is -1.94. The first-order valence-electron chi connectivity index (χ1n) is 8.78. The van der Waals surface area contributed by atoms with Crippen molar-refractivity contribution >= 4 is 23.4 Å². The van der Waals surface area contributed by atoms with Crippen LogP contribution in [0.15, 0.2) is 42.5 Å². The number of carbonyl (C=O) groups is 1. The molecule has 2 aromatic rings. The summed E-state index contributed by atoms with van der Waals surface area (Å²) in [5, 5.41) is 0. The van der Waals surface area contributed by atoms with Crippen LogP contribution in [-0.4, -0.2) is 43.2 Å². The highest BCUT2D eigenvalue weighted by Crippen LogP contribution is 2.24. The molecule has 0 unspecified atom stereocenters. The Morgan fingerprint density at radius 3 is 2.48 bits per heavy atom. The Bertz CT molecular complexity index is 751. The summed E-state index contributed by atoms with van der Waals surface area (Å²) in [6, 6.07) is 14.5. The highest BCUT2D eigenvalue weighted by atomic mass is 32.2. The zero-order chi connectivity index (χ0) is 17.8. The third-order valence-electron chi connectivity index (χ3n) is 4.97. The number of rotatable bonds is 4. The summed E-state index contributed by atoms with van der Waals surface area (Å²) in [7, 11) is 0. The van der Waals surface area contributed by atoms with Crippen LogP contribution in [0.25, 0.3) is 0 Å². The van der Waals surface area contributed by atoms with Gasteiger partial charge in [0.1, 0.15) is 0 Å². The van der Waals surface area contributed by atoms with Crippen molar-refractivity contribution in [3.05, 3.63) is 64.7 Å². The number of amides is 1. The molecule has 3 nitrogen and oxygen atoms in total. The van der Waals surface area contributed by atoms with E-state index >= 15 is 0 Å². The van der Waals surface area contributed by atoms with E-state index in [-0.39, 0.29) is 5.91 Å². The van der Waals surface area contributed by atoms with Crippen LogP contribution < -0.4 is 4.90 Å². The molecular formula is C21H26N2OS. The van der Waals surface area contributed by atoms with Crippen molar-refractivity contribution in [2.45, 2.75) is 19.6 Å². The molecule has 0 radical (unpaired) electrons. The van der Waals surface area contributed by atoms with E-state index in [4.69, 9.17) is 0 Å². The van der Waals surface area contributed by atoms with Gasteiger partial charge < -0.3 is 9.80 Å². The number of anilines is 1. The predicted molar refractivity (Wildman–Crippen MR) is 108 cm³/mol. The van der Waals surface area contributed by atoms with Crippen LogP contribution in [-0.2, 0) is 5.75 Å². The van der Waals surface area contributed by atoms with Gasteiger partial charge in [0.2, 0.25) is 0 Å². The number of hydrogen-bond donors (Lipinski definition) is 0. The molecule has 1 heterocycles. The number of piperazine rings is 1. The lowest BCUT2D eigenvalue weighted by Crippen LogP contribution is -2.49. The van der Waals surface area contributed by atoms with E-state index in [1.807, 2.05) is 23.1 Å². The minimum atomic E-state index is 0.156. The average molecular weight is 355 g/mol. The average Bonchev–Trinajstić information content (AvgIpc) is 2.64. The number of aryl methyl sites for hydroxylation is 1. The van der Waals surface area contributed by atoms with E-state index < -0.39 is 0 Å². The van der Waals surface area contributed by atoms with Crippen molar-refractivity contribution in [1.82, 2.24) is 4.90 Å². The van der Waals surface area contributed by atoms with Crippen LogP contribution in [0.1, 0.15) is 27.0 Å². The van der Waals surface area contributed by atoms with Gasteiger partial charge in [0, 0.05) is 43.2 Å². The SMILES string of the molecule is CSCc1cccc(C(=O)N2CCN(c3cccc(C)c3C)CC2)c1. The number of hydrogen-bond acceptors (Lipinski definition) is 3. The molecule has 0 N–H and O–H groups in total. The molecule has 3 rings (SSSR count). The molecule has 1 aliphatic rings. The normalized spacial score (nSPS) is 14.7. The molecule has 1 aliphatic heterocycles. The van der Waals surface area contributed by atoms with Crippen molar-refractivity contribution < 1.29 is 4.79 Å². The van der Waals surface area contributed by atoms with Gasteiger partial charge in [0.15, 0.2) is 0 Å². The van der Waals surface area contributed by atoms with Crippen molar-refractivity contribution in [1.29, 1.82) is 0 Å². The molecule has 132 valence electrons. The van der Waals surface area contributed by atoms with Crippen LogP contribution in [0.4, 0.5) is 5.69 Å². The maximum Gasteiger partial charge on any atom is 0.253 e. The number of carbonyl (C=O) groups excluding carboxylic acids is 1. The molecule has 0 aliphatic carbocycles. The van der Waals surface area contributed by atoms with Gasteiger partial charge in [-0.3, -0.25) is 4.79 Å². The highest BCUT2D eigenvalue weighted by Gasteiger charge is 2.23. The topological polar surface area (TPSA) is 23.6 Å². The predicted octanol–water partition coefficient (Wildman–Crippen LogP) is 4.13. The molecule has 1 fully saturated rings. The first-order chi connectivity index (χ1) is 12.1. The maximum atomic E-state index is 12.8. The standard InChI is InChI=1S/C21H26N2OS/c1-16-6-4-9-20(17(16)2)22-10-12-23(13-11-22)21(24)19-8-5-7-18(14-19)15-25-3/h4-9,14H,10-13,15H2,1-3H3. The summed E-state index contributed by atoms with van der Waals surface area (Å²) >= 11 is 1.78. The Balaban J connectivity index is 1.66. The summed E-state index contributed by atoms with van der Waals surface area (Å²) in [5.41, 5.74) is 5.99. The second kappa shape index (κ2) is 7.96. The van der Waals surface area contributed by atoms with Gasteiger partial charge in [-0.2, -0.15) is 11.8 Å². The van der Waals surface area contributed by atoms with E-state index in [1.165, 1.54) is 22.4 Å². The molecule has 2 aromatic carbocycles. The van der Waals surface area contributed by atoms with E-state index in [9.17, 15) is 4.79 Å². The highest BCUT2D eigenvalue weighted by molar-refractivity contribution is 7.97. The van der Waals surface area contributed by atoms with E-state index in [0.717, 1.165) is 37.5 Å².